The fourth-order valence-electron chi connectivity index (χ4n) is 1.08. The van der Waals surface area contributed by atoms with Crippen molar-refractivity contribution in [2.45, 2.75) is 10.4 Å². The Balaban J connectivity index is 0.000000246. The van der Waals surface area contributed by atoms with Crippen LogP contribution < -0.4 is 0 Å². The van der Waals surface area contributed by atoms with Crippen LogP contribution in [0.1, 0.15) is 0 Å². The zero-order valence-corrected chi connectivity index (χ0v) is 11.1. The number of aliphatic carboxylic acids is 1. The van der Waals surface area contributed by atoms with Crippen molar-refractivity contribution >= 4 is 37.5 Å². The number of carbonyl (C=O) groups is 1. The zero-order chi connectivity index (χ0) is 15.6. The maximum Gasteiger partial charge on any atom is 0.490 e. The molecule has 0 bridgehead atoms. The van der Waals surface area contributed by atoms with Gasteiger partial charge in [-0.1, -0.05) is 18.2 Å². The molecule has 2 N–H and O–H groups in total. The van der Waals surface area contributed by atoms with Crippen molar-refractivity contribution in [2.75, 3.05) is 0 Å². The number of halogens is 3. The fraction of sp³-hybridized carbons (Fsp3) is 0.100. The van der Waals surface area contributed by atoms with E-state index in [1.807, 2.05) is 18.2 Å². The molecule has 0 spiro atoms. The van der Waals surface area contributed by atoms with E-state index in [0.717, 1.165) is 21.4 Å². The van der Waals surface area contributed by atoms with E-state index in [2.05, 4.69) is 0 Å². The molecule has 5 nitrogen and oxygen atoms in total. The van der Waals surface area contributed by atoms with Gasteiger partial charge in [0, 0.05) is 4.70 Å². The molecule has 1 heterocycles. The molecule has 0 amide bonds. The molecule has 0 fully saturated rings. The predicted octanol–water partition coefficient (Wildman–Crippen LogP) is 2.78. The minimum Gasteiger partial charge on any atom is -0.475 e. The number of hydrogen-bond acceptors (Lipinski definition) is 4. The second-order valence-electron chi connectivity index (χ2n) is 3.38. The van der Waals surface area contributed by atoms with Gasteiger partial charge in [-0.2, -0.15) is 21.6 Å². The molecule has 20 heavy (non-hydrogen) atoms. The van der Waals surface area contributed by atoms with Gasteiger partial charge in [-0.15, -0.1) is 11.3 Å². The molecule has 2 rings (SSSR count). The molecular formula is C10H7F3O5S2. The molecule has 10 heteroatoms. The van der Waals surface area contributed by atoms with Crippen molar-refractivity contribution in [3.05, 3.63) is 30.3 Å². The van der Waals surface area contributed by atoms with E-state index in [4.69, 9.17) is 14.5 Å². The first-order valence-corrected chi connectivity index (χ1v) is 7.03. The molecule has 110 valence electrons. The number of rotatable bonds is 1. The summed E-state index contributed by atoms with van der Waals surface area (Å²) in [5, 5.41) is 7.96. The predicted molar refractivity (Wildman–Crippen MR) is 65.3 cm³/mol. The van der Waals surface area contributed by atoms with E-state index in [1.54, 1.807) is 6.07 Å². The average molecular weight is 328 g/mol. The van der Waals surface area contributed by atoms with Gasteiger partial charge >= 0.3 is 22.3 Å². The maximum absolute atomic E-state index is 10.8. The normalized spacial score (nSPS) is 11.8. The van der Waals surface area contributed by atoms with Crippen molar-refractivity contribution in [3.8, 4) is 0 Å². The summed E-state index contributed by atoms with van der Waals surface area (Å²) < 4.78 is 62.9. The minimum atomic E-state index is -5.08. The molecular weight excluding hydrogens is 321 g/mol. The highest BCUT2D eigenvalue weighted by Crippen LogP contribution is 2.28. The van der Waals surface area contributed by atoms with E-state index in [9.17, 15) is 21.6 Å². The molecule has 0 radical (unpaired) electrons. The van der Waals surface area contributed by atoms with Crippen LogP contribution in [0.2, 0.25) is 0 Å². The lowest BCUT2D eigenvalue weighted by Gasteiger charge is -1.93. The Morgan fingerprint density at radius 3 is 2.10 bits per heavy atom. The third-order valence-corrected chi connectivity index (χ3v) is 4.32. The lowest BCUT2D eigenvalue weighted by molar-refractivity contribution is -0.192. The van der Waals surface area contributed by atoms with Crippen molar-refractivity contribution in [1.29, 1.82) is 0 Å². The summed E-state index contributed by atoms with van der Waals surface area (Å²) in [5.41, 5.74) is 0. The van der Waals surface area contributed by atoms with Crippen LogP contribution in [0.5, 0.6) is 0 Å². The Morgan fingerprint density at radius 2 is 1.70 bits per heavy atom. The van der Waals surface area contributed by atoms with E-state index >= 15 is 0 Å². The third kappa shape index (κ3) is 4.47. The van der Waals surface area contributed by atoms with Crippen LogP contribution >= 0.6 is 11.3 Å². The number of fused-ring (bicyclic) bond motifs is 1. The van der Waals surface area contributed by atoms with E-state index in [0.29, 0.717) is 0 Å². The Hall–Kier alpha value is -1.65. The zero-order valence-electron chi connectivity index (χ0n) is 9.46. The summed E-state index contributed by atoms with van der Waals surface area (Å²) in [7, 11) is -4.05. The van der Waals surface area contributed by atoms with Crippen molar-refractivity contribution in [1.82, 2.24) is 0 Å². The fourth-order valence-corrected chi connectivity index (χ4v) is 2.85. The number of thiophene rings is 1. The van der Waals surface area contributed by atoms with Crippen molar-refractivity contribution in [3.63, 3.8) is 0 Å². The number of carboxylic acids is 1. The van der Waals surface area contributed by atoms with Crippen molar-refractivity contribution < 1.29 is 36.0 Å². The number of hydrogen-bond donors (Lipinski definition) is 2. The lowest BCUT2D eigenvalue weighted by atomic mass is 10.3. The van der Waals surface area contributed by atoms with Gasteiger partial charge in [-0.05, 0) is 17.5 Å². The maximum atomic E-state index is 10.8. The van der Waals surface area contributed by atoms with Crippen LogP contribution in [-0.4, -0.2) is 30.2 Å². The summed E-state index contributed by atoms with van der Waals surface area (Å²) in [5.74, 6) is -2.76. The highest BCUT2D eigenvalue weighted by atomic mass is 32.3. The van der Waals surface area contributed by atoms with Gasteiger partial charge < -0.3 is 5.11 Å². The monoisotopic (exact) mass is 328 g/mol. The number of carboxylic acid groups (broad SMARTS) is 1. The van der Waals surface area contributed by atoms with Crippen LogP contribution in [-0.2, 0) is 14.9 Å². The highest BCUT2D eigenvalue weighted by Gasteiger charge is 2.38. The molecule has 0 aliphatic rings. The first-order chi connectivity index (χ1) is 9.01. The Morgan fingerprint density at radius 1 is 1.20 bits per heavy atom. The first kappa shape index (κ1) is 16.4. The molecule has 0 unspecified atom stereocenters. The first-order valence-electron chi connectivity index (χ1n) is 4.78. The largest absolute Gasteiger partial charge is 0.490 e. The van der Waals surface area contributed by atoms with Gasteiger partial charge in [-0.25, -0.2) is 4.79 Å². The molecule has 0 atom stereocenters. The molecule has 2 aromatic rings. The van der Waals surface area contributed by atoms with Gasteiger partial charge in [0.25, 0.3) is 0 Å². The molecule has 0 aliphatic carbocycles. The van der Waals surface area contributed by atoms with Crippen LogP contribution in [0.25, 0.3) is 10.1 Å². The van der Waals surface area contributed by atoms with Crippen LogP contribution in [0.3, 0.4) is 0 Å². The second-order valence-corrected chi connectivity index (χ2v) is 6.11. The SMILES string of the molecule is O=C(O)C(F)(F)F.O=S(=O)(O)c1cc2ccccc2s1. The average Bonchev–Trinajstić information content (AvgIpc) is 2.71. The quantitative estimate of drug-likeness (QED) is 0.785. The van der Waals surface area contributed by atoms with Crippen LogP contribution in [0.4, 0.5) is 13.2 Å². The van der Waals surface area contributed by atoms with Gasteiger partial charge in [0.1, 0.15) is 4.21 Å². The lowest BCUT2D eigenvalue weighted by Crippen LogP contribution is -2.21. The molecule has 0 saturated carbocycles. The van der Waals surface area contributed by atoms with E-state index in [-0.39, 0.29) is 4.21 Å². The minimum absolute atomic E-state index is 0.00583. The summed E-state index contributed by atoms with van der Waals surface area (Å²) >= 11 is 1.07. The number of benzene rings is 1. The molecule has 1 aromatic carbocycles. The van der Waals surface area contributed by atoms with Crippen LogP contribution in [0, 0.1) is 0 Å². The Labute approximate surface area is 115 Å². The van der Waals surface area contributed by atoms with Gasteiger partial charge in [0.15, 0.2) is 0 Å². The molecule has 1 aromatic heterocycles. The standard InChI is InChI=1S/C8H6O3S2.C2HF3O2/c9-13(10,11)8-5-6-3-1-2-4-7(6)12-8;3-2(4,5)1(6)7/h1-5H,(H,9,10,11);(H,6,7). The summed E-state index contributed by atoms with van der Waals surface area (Å²) in [6.07, 6.45) is -5.08. The second kappa shape index (κ2) is 5.77. The Kier molecular flexibility index (Phi) is 4.73. The third-order valence-electron chi connectivity index (χ3n) is 1.90. The van der Waals surface area contributed by atoms with Gasteiger partial charge in [0.2, 0.25) is 0 Å². The molecule has 0 saturated heterocycles. The summed E-state index contributed by atoms with van der Waals surface area (Å²) in [6.45, 7) is 0. The molecule has 0 aliphatic heterocycles. The Bertz CT molecular complexity index is 685. The van der Waals surface area contributed by atoms with E-state index < -0.39 is 22.3 Å². The van der Waals surface area contributed by atoms with Crippen LogP contribution in [0.15, 0.2) is 34.5 Å². The summed E-state index contributed by atoms with van der Waals surface area (Å²) in [4.78, 5) is 8.90. The van der Waals surface area contributed by atoms with Crippen molar-refractivity contribution in [2.24, 2.45) is 0 Å². The smallest absolute Gasteiger partial charge is 0.475 e. The van der Waals surface area contributed by atoms with Gasteiger partial charge in [-0.3, -0.25) is 4.55 Å². The summed E-state index contributed by atoms with van der Waals surface area (Å²) in [6, 6.07) is 8.74. The topological polar surface area (TPSA) is 91.7 Å². The number of alkyl halides is 3. The van der Waals surface area contributed by atoms with Gasteiger partial charge in [0.05, 0.1) is 0 Å². The van der Waals surface area contributed by atoms with E-state index in [1.165, 1.54) is 6.07 Å². The highest BCUT2D eigenvalue weighted by molar-refractivity contribution is 7.88.